The van der Waals surface area contributed by atoms with E-state index in [1.54, 1.807) is 24.3 Å². The van der Waals surface area contributed by atoms with Crippen LogP contribution in [0.1, 0.15) is 17.2 Å². The molecule has 2 aromatic carbocycles. The lowest BCUT2D eigenvalue weighted by Crippen LogP contribution is -2.63. The topological polar surface area (TPSA) is 55.6 Å². The molecular formula is C17H15F3N2O2. The first-order valence-corrected chi connectivity index (χ1v) is 7.23. The fourth-order valence-corrected chi connectivity index (χ4v) is 2.79. The molecule has 1 aliphatic heterocycles. The van der Waals surface area contributed by atoms with E-state index in [4.69, 9.17) is 10.5 Å². The molecular weight excluding hydrogens is 321 g/mol. The van der Waals surface area contributed by atoms with Crippen molar-refractivity contribution in [2.45, 2.75) is 18.3 Å². The first kappa shape index (κ1) is 16.3. The molecule has 1 heterocycles. The van der Waals surface area contributed by atoms with Gasteiger partial charge in [-0.1, -0.05) is 18.2 Å². The molecule has 126 valence electrons. The third kappa shape index (κ3) is 2.71. The summed E-state index contributed by atoms with van der Waals surface area (Å²) >= 11 is 0. The number of benzene rings is 2. The SMILES string of the molecule is COc1ccc([C@@H]2[C@@H](N)C(=O)N2c2cccc(C(F)(F)F)c2)cc1. The maximum absolute atomic E-state index is 12.9. The lowest BCUT2D eigenvalue weighted by molar-refractivity contribution is -0.137. The van der Waals surface area contributed by atoms with E-state index in [-0.39, 0.29) is 5.69 Å². The zero-order chi connectivity index (χ0) is 17.5. The summed E-state index contributed by atoms with van der Waals surface area (Å²) < 4.78 is 43.7. The Balaban J connectivity index is 1.95. The van der Waals surface area contributed by atoms with Crippen LogP contribution in [-0.4, -0.2) is 19.1 Å². The molecule has 0 aromatic heterocycles. The highest BCUT2D eigenvalue weighted by Gasteiger charge is 2.47. The van der Waals surface area contributed by atoms with Crippen LogP contribution in [0.15, 0.2) is 48.5 Å². The average molecular weight is 336 g/mol. The summed E-state index contributed by atoms with van der Waals surface area (Å²) in [6.07, 6.45) is -4.47. The number of methoxy groups -OCH3 is 1. The predicted octanol–water partition coefficient (Wildman–Crippen LogP) is 3.13. The van der Waals surface area contributed by atoms with Gasteiger partial charge in [-0.25, -0.2) is 0 Å². The van der Waals surface area contributed by atoms with Crippen molar-refractivity contribution in [3.63, 3.8) is 0 Å². The van der Waals surface area contributed by atoms with E-state index < -0.39 is 29.7 Å². The van der Waals surface area contributed by atoms with Crippen molar-refractivity contribution in [2.75, 3.05) is 12.0 Å². The Kier molecular flexibility index (Phi) is 3.96. The van der Waals surface area contributed by atoms with E-state index in [2.05, 4.69) is 0 Å². The van der Waals surface area contributed by atoms with Crippen molar-refractivity contribution in [3.05, 3.63) is 59.7 Å². The van der Waals surface area contributed by atoms with E-state index in [1.807, 2.05) is 0 Å². The molecule has 2 atom stereocenters. The van der Waals surface area contributed by atoms with E-state index in [9.17, 15) is 18.0 Å². The molecule has 3 rings (SSSR count). The minimum Gasteiger partial charge on any atom is -0.497 e. The number of ether oxygens (including phenoxy) is 1. The molecule has 0 spiro atoms. The van der Waals surface area contributed by atoms with Crippen molar-refractivity contribution in [2.24, 2.45) is 5.73 Å². The fourth-order valence-electron chi connectivity index (χ4n) is 2.79. The Morgan fingerprint density at radius 1 is 1.12 bits per heavy atom. The van der Waals surface area contributed by atoms with Crippen LogP contribution in [-0.2, 0) is 11.0 Å². The molecule has 2 N–H and O–H groups in total. The van der Waals surface area contributed by atoms with Gasteiger partial charge in [0.15, 0.2) is 0 Å². The van der Waals surface area contributed by atoms with Crippen LogP contribution in [0, 0.1) is 0 Å². The number of nitrogens with two attached hydrogens (primary N) is 1. The highest BCUT2D eigenvalue weighted by molar-refractivity contribution is 6.05. The number of carbonyl (C=O) groups is 1. The van der Waals surface area contributed by atoms with Gasteiger partial charge in [-0.2, -0.15) is 13.2 Å². The second-order valence-corrected chi connectivity index (χ2v) is 5.50. The highest BCUT2D eigenvalue weighted by atomic mass is 19.4. The third-order valence-electron chi connectivity index (χ3n) is 4.05. The number of nitrogens with zero attached hydrogens (tertiary/aromatic N) is 1. The normalized spacial score (nSPS) is 20.7. The summed E-state index contributed by atoms with van der Waals surface area (Å²) in [6, 6.07) is 10.3. The highest BCUT2D eigenvalue weighted by Crippen LogP contribution is 2.40. The van der Waals surface area contributed by atoms with Gasteiger partial charge in [-0.15, -0.1) is 0 Å². The summed E-state index contributed by atoms with van der Waals surface area (Å²) in [5.74, 6) is 0.235. The minimum atomic E-state index is -4.47. The first-order chi connectivity index (χ1) is 11.3. The van der Waals surface area contributed by atoms with Crippen LogP contribution in [0.25, 0.3) is 0 Å². The van der Waals surface area contributed by atoms with Gasteiger partial charge in [0.2, 0.25) is 5.91 Å². The van der Waals surface area contributed by atoms with Gasteiger partial charge < -0.3 is 15.4 Å². The summed E-state index contributed by atoms with van der Waals surface area (Å²) in [5, 5.41) is 0. The number of amides is 1. The number of carbonyl (C=O) groups excluding carboxylic acids is 1. The number of rotatable bonds is 3. The van der Waals surface area contributed by atoms with Gasteiger partial charge in [0.25, 0.3) is 0 Å². The molecule has 0 radical (unpaired) electrons. The Bertz CT molecular complexity index is 759. The molecule has 1 amide bonds. The molecule has 24 heavy (non-hydrogen) atoms. The molecule has 0 saturated carbocycles. The lowest BCUT2D eigenvalue weighted by Gasteiger charge is -2.45. The van der Waals surface area contributed by atoms with Crippen molar-refractivity contribution in [1.29, 1.82) is 0 Å². The quantitative estimate of drug-likeness (QED) is 0.876. The van der Waals surface area contributed by atoms with Gasteiger partial charge in [0.1, 0.15) is 11.8 Å². The van der Waals surface area contributed by atoms with E-state index in [0.717, 1.165) is 17.7 Å². The van der Waals surface area contributed by atoms with Crippen LogP contribution in [0.2, 0.25) is 0 Å². The molecule has 2 aromatic rings. The molecule has 0 aliphatic carbocycles. The maximum Gasteiger partial charge on any atom is 0.416 e. The largest absolute Gasteiger partial charge is 0.497 e. The molecule has 7 heteroatoms. The number of β-lactam (4-membered cyclic amide) rings is 1. The number of hydrogen-bond donors (Lipinski definition) is 1. The van der Waals surface area contributed by atoms with Gasteiger partial charge in [-0.05, 0) is 35.9 Å². The first-order valence-electron chi connectivity index (χ1n) is 7.23. The van der Waals surface area contributed by atoms with Crippen LogP contribution >= 0.6 is 0 Å². The second-order valence-electron chi connectivity index (χ2n) is 5.50. The summed E-state index contributed by atoms with van der Waals surface area (Å²) in [7, 11) is 1.53. The van der Waals surface area contributed by atoms with Crippen LogP contribution < -0.4 is 15.4 Å². The van der Waals surface area contributed by atoms with Crippen molar-refractivity contribution < 1.29 is 22.7 Å². The maximum atomic E-state index is 12.9. The molecule has 0 unspecified atom stereocenters. The number of hydrogen-bond acceptors (Lipinski definition) is 3. The number of alkyl halides is 3. The van der Waals surface area contributed by atoms with Crippen molar-refractivity contribution in [3.8, 4) is 5.75 Å². The smallest absolute Gasteiger partial charge is 0.416 e. The van der Waals surface area contributed by atoms with Gasteiger partial charge >= 0.3 is 6.18 Å². The van der Waals surface area contributed by atoms with Gasteiger partial charge in [0, 0.05) is 5.69 Å². The van der Waals surface area contributed by atoms with Crippen molar-refractivity contribution >= 4 is 11.6 Å². The number of anilines is 1. The Labute approximate surface area is 136 Å². The van der Waals surface area contributed by atoms with Crippen molar-refractivity contribution in [1.82, 2.24) is 0 Å². The standard InChI is InChI=1S/C17H15F3N2O2/c1-24-13-7-5-10(6-8-13)15-14(21)16(23)22(15)12-4-2-3-11(9-12)17(18,19)20/h2-9,14-15H,21H2,1H3/t14-,15-/m1/s1. The monoisotopic (exact) mass is 336 g/mol. The Morgan fingerprint density at radius 2 is 1.79 bits per heavy atom. The second kappa shape index (κ2) is 5.83. The summed E-state index contributed by atoms with van der Waals surface area (Å²) in [6.45, 7) is 0. The molecule has 1 aliphatic rings. The number of halogens is 3. The zero-order valence-electron chi connectivity index (χ0n) is 12.7. The van der Waals surface area contributed by atoms with E-state index in [0.29, 0.717) is 5.75 Å². The zero-order valence-corrected chi connectivity index (χ0v) is 12.7. The van der Waals surface area contributed by atoms with Crippen LogP contribution in [0.3, 0.4) is 0 Å². The van der Waals surface area contributed by atoms with Gasteiger partial charge in [0.05, 0.1) is 18.7 Å². The summed E-state index contributed by atoms with van der Waals surface area (Å²) in [4.78, 5) is 13.4. The van der Waals surface area contributed by atoms with Crippen LogP contribution in [0.4, 0.5) is 18.9 Å². The summed E-state index contributed by atoms with van der Waals surface area (Å²) in [5.41, 5.74) is 5.99. The molecule has 0 bridgehead atoms. The molecule has 1 saturated heterocycles. The van der Waals surface area contributed by atoms with E-state index >= 15 is 0 Å². The van der Waals surface area contributed by atoms with Gasteiger partial charge in [-0.3, -0.25) is 4.79 Å². The molecule has 1 fully saturated rings. The Hall–Kier alpha value is -2.54. The Morgan fingerprint density at radius 3 is 2.38 bits per heavy atom. The fraction of sp³-hybridized carbons (Fsp3) is 0.235. The minimum absolute atomic E-state index is 0.178. The molecule has 4 nitrogen and oxygen atoms in total. The lowest BCUT2D eigenvalue weighted by atomic mass is 9.88. The van der Waals surface area contributed by atoms with Crippen LogP contribution in [0.5, 0.6) is 5.75 Å². The predicted molar refractivity (Wildman–Crippen MR) is 82.6 cm³/mol. The van der Waals surface area contributed by atoms with E-state index in [1.165, 1.54) is 24.1 Å². The average Bonchev–Trinajstić information content (AvgIpc) is 2.58. The third-order valence-corrected chi connectivity index (χ3v) is 4.05.